The smallest absolute Gasteiger partial charge is 0.253 e. The zero-order valence-electron chi connectivity index (χ0n) is 18.9. The molecule has 30 heavy (non-hydrogen) atoms. The van der Waals surface area contributed by atoms with Gasteiger partial charge < -0.3 is 9.64 Å². The fourth-order valence-electron chi connectivity index (χ4n) is 4.02. The van der Waals surface area contributed by atoms with Gasteiger partial charge in [0.05, 0.1) is 0 Å². The summed E-state index contributed by atoms with van der Waals surface area (Å²) >= 11 is 0. The van der Waals surface area contributed by atoms with Gasteiger partial charge in [0.1, 0.15) is 12.4 Å². The SMILES string of the molecule is CC(C)Cc1cc(C(=O)N2CCN(CC(C)C)CC2)ccc1OCc1ccccc1. The number of rotatable bonds is 8. The monoisotopic (exact) mass is 408 g/mol. The van der Waals surface area contributed by atoms with Gasteiger partial charge >= 0.3 is 0 Å². The van der Waals surface area contributed by atoms with E-state index in [1.807, 2.05) is 41.3 Å². The summed E-state index contributed by atoms with van der Waals surface area (Å²) in [4.78, 5) is 17.6. The second-order valence-corrected chi connectivity index (χ2v) is 9.18. The molecule has 0 spiro atoms. The second-order valence-electron chi connectivity index (χ2n) is 9.18. The lowest BCUT2D eigenvalue weighted by Crippen LogP contribution is -2.49. The Labute approximate surface area is 181 Å². The number of ether oxygens (including phenoxy) is 1. The van der Waals surface area contributed by atoms with E-state index in [-0.39, 0.29) is 5.91 Å². The predicted molar refractivity (Wildman–Crippen MR) is 123 cm³/mol. The van der Waals surface area contributed by atoms with Crippen molar-refractivity contribution in [1.82, 2.24) is 9.80 Å². The molecule has 0 saturated carbocycles. The summed E-state index contributed by atoms with van der Waals surface area (Å²) < 4.78 is 6.12. The molecule has 1 fully saturated rings. The molecule has 0 N–H and O–H groups in total. The second kappa shape index (κ2) is 10.6. The van der Waals surface area contributed by atoms with Crippen molar-refractivity contribution in [2.24, 2.45) is 11.8 Å². The van der Waals surface area contributed by atoms with E-state index < -0.39 is 0 Å². The number of hydrogen-bond donors (Lipinski definition) is 0. The van der Waals surface area contributed by atoms with Gasteiger partial charge in [-0.15, -0.1) is 0 Å². The molecule has 1 aliphatic rings. The van der Waals surface area contributed by atoms with Gasteiger partial charge in [0.2, 0.25) is 0 Å². The molecule has 4 heteroatoms. The Morgan fingerprint density at radius 3 is 2.27 bits per heavy atom. The minimum Gasteiger partial charge on any atom is -0.489 e. The highest BCUT2D eigenvalue weighted by molar-refractivity contribution is 5.94. The number of benzene rings is 2. The quantitative estimate of drug-likeness (QED) is 0.624. The van der Waals surface area contributed by atoms with Crippen LogP contribution >= 0.6 is 0 Å². The molecule has 3 rings (SSSR count). The van der Waals surface area contributed by atoms with E-state index in [1.54, 1.807) is 0 Å². The molecule has 2 aromatic carbocycles. The summed E-state index contributed by atoms with van der Waals surface area (Å²) in [6.07, 6.45) is 0.896. The number of carbonyl (C=O) groups excluding carboxylic acids is 1. The third-order valence-electron chi connectivity index (χ3n) is 5.46. The van der Waals surface area contributed by atoms with Crippen LogP contribution in [0.5, 0.6) is 5.75 Å². The van der Waals surface area contributed by atoms with E-state index in [0.29, 0.717) is 18.4 Å². The molecule has 0 radical (unpaired) electrons. The third-order valence-corrected chi connectivity index (χ3v) is 5.46. The van der Waals surface area contributed by atoms with E-state index in [0.717, 1.165) is 61.6 Å². The van der Waals surface area contributed by atoms with Crippen molar-refractivity contribution >= 4 is 5.91 Å². The molecule has 0 unspecified atom stereocenters. The molecule has 1 amide bonds. The maximum atomic E-state index is 13.1. The molecular formula is C26H36N2O2. The molecule has 0 aromatic heterocycles. The molecule has 0 bridgehead atoms. The Balaban J connectivity index is 1.68. The lowest BCUT2D eigenvalue weighted by atomic mass is 9.99. The topological polar surface area (TPSA) is 32.8 Å². The van der Waals surface area contributed by atoms with Gasteiger partial charge in [-0.1, -0.05) is 58.0 Å². The first kappa shape index (κ1) is 22.4. The minimum atomic E-state index is 0.138. The van der Waals surface area contributed by atoms with Crippen LogP contribution in [0.1, 0.15) is 49.2 Å². The normalized spacial score (nSPS) is 15.1. The number of hydrogen-bond acceptors (Lipinski definition) is 3. The molecular weight excluding hydrogens is 372 g/mol. The van der Waals surface area contributed by atoms with Gasteiger partial charge in [0.15, 0.2) is 0 Å². The van der Waals surface area contributed by atoms with Gasteiger partial charge in [0, 0.05) is 38.3 Å². The zero-order valence-corrected chi connectivity index (χ0v) is 18.9. The largest absolute Gasteiger partial charge is 0.489 e. The highest BCUT2D eigenvalue weighted by Crippen LogP contribution is 2.25. The van der Waals surface area contributed by atoms with Crippen LogP contribution in [0.4, 0.5) is 0 Å². The van der Waals surface area contributed by atoms with E-state index in [1.165, 1.54) is 0 Å². The number of nitrogens with zero attached hydrogens (tertiary/aromatic N) is 2. The fraction of sp³-hybridized carbons (Fsp3) is 0.500. The van der Waals surface area contributed by atoms with E-state index in [2.05, 4.69) is 44.7 Å². The van der Waals surface area contributed by atoms with Crippen LogP contribution in [0, 0.1) is 11.8 Å². The molecule has 4 nitrogen and oxygen atoms in total. The van der Waals surface area contributed by atoms with Crippen molar-refractivity contribution in [1.29, 1.82) is 0 Å². The summed E-state index contributed by atoms with van der Waals surface area (Å²) in [5.41, 5.74) is 3.03. The van der Waals surface area contributed by atoms with Crippen molar-refractivity contribution in [3.8, 4) is 5.75 Å². The summed E-state index contributed by atoms with van der Waals surface area (Å²) in [7, 11) is 0. The van der Waals surface area contributed by atoms with E-state index in [9.17, 15) is 4.79 Å². The molecule has 1 heterocycles. The maximum absolute atomic E-state index is 13.1. The minimum absolute atomic E-state index is 0.138. The van der Waals surface area contributed by atoms with Crippen LogP contribution in [0.15, 0.2) is 48.5 Å². The van der Waals surface area contributed by atoms with Crippen molar-refractivity contribution < 1.29 is 9.53 Å². The van der Waals surface area contributed by atoms with Crippen LogP contribution in [0.2, 0.25) is 0 Å². The van der Waals surface area contributed by atoms with Gasteiger partial charge in [-0.3, -0.25) is 9.69 Å². The lowest BCUT2D eigenvalue weighted by Gasteiger charge is -2.35. The summed E-state index contributed by atoms with van der Waals surface area (Å²) in [5, 5.41) is 0. The average molecular weight is 409 g/mol. The first-order valence-electron chi connectivity index (χ1n) is 11.2. The molecule has 2 aromatic rings. The van der Waals surface area contributed by atoms with Crippen molar-refractivity contribution in [2.75, 3.05) is 32.7 Å². The first-order chi connectivity index (χ1) is 14.4. The standard InChI is InChI=1S/C26H36N2O2/c1-20(2)16-24-17-23(10-11-25(24)30-19-22-8-6-5-7-9-22)26(29)28-14-12-27(13-15-28)18-21(3)4/h5-11,17,20-21H,12-16,18-19H2,1-4H3. The van der Waals surface area contributed by atoms with Gasteiger partial charge in [-0.25, -0.2) is 0 Å². The highest BCUT2D eigenvalue weighted by atomic mass is 16.5. The maximum Gasteiger partial charge on any atom is 0.253 e. The number of carbonyl (C=O) groups is 1. The van der Waals surface area contributed by atoms with E-state index in [4.69, 9.17) is 4.74 Å². The Hall–Kier alpha value is -2.33. The first-order valence-corrected chi connectivity index (χ1v) is 11.2. The lowest BCUT2D eigenvalue weighted by molar-refractivity contribution is 0.0623. The van der Waals surface area contributed by atoms with E-state index >= 15 is 0 Å². The molecule has 1 aliphatic heterocycles. The summed E-state index contributed by atoms with van der Waals surface area (Å²) in [6.45, 7) is 14.1. The molecule has 0 atom stereocenters. The van der Waals surface area contributed by atoms with Crippen LogP contribution in [-0.2, 0) is 13.0 Å². The Morgan fingerprint density at radius 2 is 1.63 bits per heavy atom. The van der Waals surface area contributed by atoms with Crippen molar-refractivity contribution in [3.63, 3.8) is 0 Å². The number of amides is 1. The highest BCUT2D eigenvalue weighted by Gasteiger charge is 2.23. The van der Waals surface area contributed by atoms with Crippen LogP contribution in [0.3, 0.4) is 0 Å². The molecule has 162 valence electrons. The van der Waals surface area contributed by atoms with Crippen LogP contribution < -0.4 is 4.74 Å². The van der Waals surface area contributed by atoms with Gasteiger partial charge in [0.25, 0.3) is 5.91 Å². The van der Waals surface area contributed by atoms with Crippen LogP contribution in [0.25, 0.3) is 0 Å². The average Bonchev–Trinajstić information content (AvgIpc) is 2.73. The predicted octanol–water partition coefficient (Wildman–Crippen LogP) is 4.88. The Morgan fingerprint density at radius 1 is 0.933 bits per heavy atom. The van der Waals surface area contributed by atoms with Gasteiger partial charge in [-0.05, 0) is 47.6 Å². The van der Waals surface area contributed by atoms with Crippen molar-refractivity contribution in [2.45, 2.75) is 40.7 Å². The summed E-state index contributed by atoms with van der Waals surface area (Å²) in [5.74, 6) is 2.17. The van der Waals surface area contributed by atoms with Crippen LogP contribution in [-0.4, -0.2) is 48.4 Å². The molecule has 1 saturated heterocycles. The summed E-state index contributed by atoms with van der Waals surface area (Å²) in [6, 6.07) is 16.1. The van der Waals surface area contributed by atoms with Gasteiger partial charge in [-0.2, -0.15) is 0 Å². The Bertz CT molecular complexity index is 809. The zero-order chi connectivity index (χ0) is 21.5. The Kier molecular flexibility index (Phi) is 7.92. The molecule has 0 aliphatic carbocycles. The third kappa shape index (κ3) is 6.33. The fourth-order valence-corrected chi connectivity index (χ4v) is 4.02. The number of piperazine rings is 1. The van der Waals surface area contributed by atoms with Crippen molar-refractivity contribution in [3.05, 3.63) is 65.2 Å².